The summed E-state index contributed by atoms with van der Waals surface area (Å²) in [7, 11) is -1.31. The Kier molecular flexibility index (Phi) is 3.20. The highest BCUT2D eigenvalue weighted by Gasteiger charge is 1.76. The fourth-order valence-corrected chi connectivity index (χ4v) is 0.437. The van der Waals surface area contributed by atoms with Crippen LogP contribution in [-0.4, -0.2) is 5.25 Å². The van der Waals surface area contributed by atoms with E-state index in [9.17, 15) is 4.21 Å². The van der Waals surface area contributed by atoms with E-state index in [2.05, 4.69) is 4.36 Å². The van der Waals surface area contributed by atoms with Gasteiger partial charge in [-0.2, -0.15) is 15.9 Å². The van der Waals surface area contributed by atoms with Gasteiger partial charge in [-0.15, -0.1) is 0 Å². The molecule has 0 aromatic carbocycles. The van der Waals surface area contributed by atoms with Gasteiger partial charge in [0.25, 0.3) is 0 Å². The van der Waals surface area contributed by atoms with Gasteiger partial charge in [-0.05, 0) is 0 Å². The molecule has 0 atom stereocenters. The highest BCUT2D eigenvalue weighted by atomic mass is 32.2. The first-order valence-electron chi connectivity index (χ1n) is 2.19. The van der Waals surface area contributed by atoms with Crippen molar-refractivity contribution in [2.24, 2.45) is 4.36 Å². The normalized spacial score (nSPS) is 13.8. The third kappa shape index (κ3) is 2.59. The first-order valence-corrected chi connectivity index (χ1v) is 3.36. The van der Waals surface area contributed by atoms with Gasteiger partial charge in [0.15, 0.2) is 6.19 Å². The standard InChI is InChI=1S/C4H7N2OS/c1-4(2)8(7)6-3-5/h4H,1-2H3/q-1. The molecular weight excluding hydrogens is 124 g/mol. The molecule has 0 amide bonds. The molecule has 4 heteroatoms. The Balaban J connectivity index is 4.08. The predicted octanol–water partition coefficient (Wildman–Crippen LogP) is 1.02. The van der Waals surface area contributed by atoms with Gasteiger partial charge in [0.2, 0.25) is 0 Å². The van der Waals surface area contributed by atoms with E-state index in [0.29, 0.717) is 0 Å². The van der Waals surface area contributed by atoms with E-state index in [1.165, 1.54) is 6.19 Å². The largest absolute Gasteiger partial charge is 0.443 e. The Morgan fingerprint density at radius 3 is 2.38 bits per heavy atom. The topological polar surface area (TPSA) is 53.2 Å². The highest BCUT2D eigenvalue weighted by Crippen LogP contribution is 1.85. The minimum absolute atomic E-state index is 0.0466. The molecule has 0 saturated carbocycles. The molecule has 0 spiro atoms. The molecule has 3 nitrogen and oxygen atoms in total. The van der Waals surface area contributed by atoms with Crippen molar-refractivity contribution in [1.82, 2.24) is 0 Å². The van der Waals surface area contributed by atoms with E-state index < -0.39 is 10.6 Å². The quantitative estimate of drug-likeness (QED) is 0.394. The summed E-state index contributed by atoms with van der Waals surface area (Å²) >= 11 is 0. The lowest BCUT2D eigenvalue weighted by atomic mass is 10.6. The van der Waals surface area contributed by atoms with E-state index >= 15 is 0 Å². The Hall–Kier alpha value is -0.560. The molecular formula is C4H7N2OS-. The van der Waals surface area contributed by atoms with Crippen LogP contribution >= 0.6 is 0 Å². The summed E-state index contributed by atoms with van der Waals surface area (Å²) in [6, 6.07) is 0. The zero-order valence-corrected chi connectivity index (χ0v) is 5.60. The second-order valence-corrected chi connectivity index (χ2v) is 3.19. The average molecular weight is 131 g/mol. The van der Waals surface area contributed by atoms with Gasteiger partial charge >= 0.3 is 0 Å². The van der Waals surface area contributed by atoms with E-state index in [-0.39, 0.29) is 5.25 Å². The number of nitriles is 1. The monoisotopic (exact) mass is 131 g/mol. The molecule has 0 rings (SSSR count). The summed E-state index contributed by atoms with van der Waals surface area (Å²) in [4.78, 5) is 0. The lowest BCUT2D eigenvalue weighted by Gasteiger charge is -2.01. The molecule has 0 aromatic rings. The lowest BCUT2D eigenvalue weighted by Crippen LogP contribution is -1.93. The zero-order valence-electron chi connectivity index (χ0n) is 4.79. The molecule has 0 aliphatic rings. The van der Waals surface area contributed by atoms with Crippen LogP contribution in [0.4, 0.5) is 0 Å². The second-order valence-electron chi connectivity index (χ2n) is 1.52. The summed E-state index contributed by atoms with van der Waals surface area (Å²) in [5, 5.41) is 7.83. The predicted molar refractivity (Wildman–Crippen MR) is 31.2 cm³/mol. The van der Waals surface area contributed by atoms with Crippen LogP contribution in [-0.2, 0) is 14.8 Å². The first kappa shape index (κ1) is 7.44. The van der Waals surface area contributed by atoms with E-state index in [1.54, 1.807) is 13.8 Å². The van der Waals surface area contributed by atoms with Crippen LogP contribution in [0.3, 0.4) is 0 Å². The van der Waals surface area contributed by atoms with E-state index in [1.807, 2.05) is 0 Å². The number of hydrogen-bond donors (Lipinski definition) is 0. The van der Waals surface area contributed by atoms with Gasteiger partial charge in [-0.3, -0.25) is 4.36 Å². The molecule has 0 bridgehead atoms. The molecule has 0 saturated heterocycles. The van der Waals surface area contributed by atoms with Crippen LogP contribution in [0.2, 0.25) is 0 Å². The third-order valence-electron chi connectivity index (χ3n) is 0.534. The molecule has 46 valence electrons. The van der Waals surface area contributed by atoms with Crippen molar-refractivity contribution in [2.75, 3.05) is 0 Å². The Morgan fingerprint density at radius 1 is 1.75 bits per heavy atom. The maximum atomic E-state index is 10.5. The summed E-state index contributed by atoms with van der Waals surface area (Å²) in [5.41, 5.74) is 0. The molecule has 0 fully saturated rings. The van der Waals surface area contributed by atoms with Gasteiger partial charge in [0.1, 0.15) is 0 Å². The van der Waals surface area contributed by atoms with Gasteiger partial charge in [0.05, 0.1) is 0 Å². The number of rotatable bonds is 1. The van der Waals surface area contributed by atoms with Crippen molar-refractivity contribution < 1.29 is 4.21 Å². The molecule has 0 heterocycles. The number of nitrogens with zero attached hydrogens (tertiary/aromatic N) is 2. The number of hydrogen-bond acceptors (Lipinski definition) is 4. The van der Waals surface area contributed by atoms with Gasteiger partial charge in [-0.1, -0.05) is 19.1 Å². The van der Waals surface area contributed by atoms with E-state index in [4.69, 9.17) is 5.26 Å². The van der Waals surface area contributed by atoms with Crippen LogP contribution in [0.15, 0.2) is 4.36 Å². The van der Waals surface area contributed by atoms with Crippen molar-refractivity contribution in [3.8, 4) is 6.19 Å². The zero-order chi connectivity index (χ0) is 6.57. The van der Waals surface area contributed by atoms with Gasteiger partial charge in [0, 0.05) is 0 Å². The Bertz CT molecular complexity index is 173. The van der Waals surface area contributed by atoms with Crippen molar-refractivity contribution in [1.29, 1.82) is 5.26 Å². The van der Waals surface area contributed by atoms with Crippen molar-refractivity contribution in [3.63, 3.8) is 0 Å². The van der Waals surface area contributed by atoms with E-state index in [0.717, 1.165) is 0 Å². The second kappa shape index (κ2) is 3.44. The summed E-state index contributed by atoms with van der Waals surface area (Å²) < 4.78 is 13.6. The van der Waals surface area contributed by atoms with Crippen molar-refractivity contribution >= 4 is 10.6 Å². The minimum Gasteiger partial charge on any atom is -0.443 e. The van der Waals surface area contributed by atoms with Crippen LogP contribution in [0.1, 0.15) is 13.8 Å². The molecule has 0 radical (unpaired) electrons. The average Bonchev–Trinajstić information content (AvgIpc) is 1.67. The van der Waals surface area contributed by atoms with Crippen LogP contribution < -0.4 is 0 Å². The summed E-state index contributed by atoms with van der Waals surface area (Å²) in [5.74, 6) is 0. The summed E-state index contributed by atoms with van der Waals surface area (Å²) in [6.45, 7) is 3.49. The first-order chi connectivity index (χ1) is 3.68. The lowest BCUT2D eigenvalue weighted by molar-refractivity contribution is 0.596. The smallest absolute Gasteiger partial charge is 0.180 e. The highest BCUT2D eigenvalue weighted by molar-refractivity contribution is 7.75. The molecule has 0 N–H and O–H groups in total. The fourth-order valence-electron chi connectivity index (χ4n) is 0.146. The SMILES string of the molecule is CC(C)[S-](=O)=NC#N. The van der Waals surface area contributed by atoms with Gasteiger partial charge in [-0.25, -0.2) is 0 Å². The molecule has 0 aliphatic carbocycles. The van der Waals surface area contributed by atoms with Crippen molar-refractivity contribution in [3.05, 3.63) is 0 Å². The van der Waals surface area contributed by atoms with Crippen LogP contribution in [0, 0.1) is 11.5 Å². The molecule has 0 unspecified atom stereocenters. The maximum Gasteiger partial charge on any atom is 0.180 e. The van der Waals surface area contributed by atoms with Crippen LogP contribution in [0.25, 0.3) is 0 Å². The van der Waals surface area contributed by atoms with Crippen molar-refractivity contribution in [2.45, 2.75) is 19.1 Å². The minimum atomic E-state index is -1.31. The molecule has 8 heavy (non-hydrogen) atoms. The Morgan fingerprint density at radius 2 is 2.25 bits per heavy atom. The molecule has 0 aromatic heterocycles. The molecule has 0 aliphatic heterocycles. The van der Waals surface area contributed by atoms with Crippen LogP contribution in [0.5, 0.6) is 0 Å². The fraction of sp³-hybridized carbons (Fsp3) is 0.750. The maximum absolute atomic E-state index is 10.5. The third-order valence-corrected chi connectivity index (χ3v) is 1.60. The van der Waals surface area contributed by atoms with Gasteiger partial charge < -0.3 is 4.21 Å². The Labute approximate surface area is 50.5 Å². The summed E-state index contributed by atoms with van der Waals surface area (Å²) in [6.07, 6.45) is 1.47.